The van der Waals surface area contributed by atoms with Crippen LogP contribution < -0.4 is 0 Å². The molecule has 0 aromatic rings. The van der Waals surface area contributed by atoms with E-state index in [-0.39, 0.29) is 12.0 Å². The van der Waals surface area contributed by atoms with Crippen LogP contribution in [0.2, 0.25) is 0 Å². The topological polar surface area (TPSA) is 49.8 Å². The van der Waals surface area contributed by atoms with Gasteiger partial charge in [0, 0.05) is 25.8 Å². The summed E-state index contributed by atoms with van der Waals surface area (Å²) in [6, 6.07) is 0.264. The van der Waals surface area contributed by atoms with Crippen LogP contribution in [0.15, 0.2) is 0 Å². The molecule has 2 unspecified atom stereocenters. The smallest absolute Gasteiger partial charge is 0.308 e. The Bertz CT molecular complexity index is 251. The molecule has 2 atom stereocenters. The van der Waals surface area contributed by atoms with Gasteiger partial charge in [0.25, 0.3) is 0 Å². The third kappa shape index (κ3) is 2.55. The molecule has 2 rings (SSSR count). The summed E-state index contributed by atoms with van der Waals surface area (Å²) >= 11 is 0. The molecule has 0 spiro atoms. The Labute approximate surface area is 96.6 Å². The summed E-state index contributed by atoms with van der Waals surface area (Å²) in [4.78, 5) is 13.2. The average molecular weight is 227 g/mol. The van der Waals surface area contributed by atoms with Crippen LogP contribution in [-0.4, -0.2) is 48.8 Å². The molecule has 0 aromatic heterocycles. The van der Waals surface area contributed by atoms with Crippen molar-refractivity contribution in [3.8, 4) is 0 Å². The van der Waals surface area contributed by atoms with Crippen LogP contribution in [0.5, 0.6) is 0 Å². The van der Waals surface area contributed by atoms with Crippen LogP contribution in [0.1, 0.15) is 25.7 Å². The van der Waals surface area contributed by atoms with Gasteiger partial charge in [0.1, 0.15) is 0 Å². The van der Waals surface area contributed by atoms with Gasteiger partial charge in [0.2, 0.25) is 0 Å². The van der Waals surface area contributed by atoms with E-state index in [0.29, 0.717) is 5.92 Å². The summed E-state index contributed by atoms with van der Waals surface area (Å²) in [7, 11) is 2.06. The van der Waals surface area contributed by atoms with Crippen molar-refractivity contribution in [2.24, 2.45) is 11.8 Å². The minimum absolute atomic E-state index is 0.134. The van der Waals surface area contributed by atoms with Crippen molar-refractivity contribution in [2.75, 3.05) is 26.8 Å². The van der Waals surface area contributed by atoms with E-state index >= 15 is 0 Å². The Kier molecular flexibility index (Phi) is 3.82. The lowest BCUT2D eigenvalue weighted by Crippen LogP contribution is -2.50. The quantitative estimate of drug-likeness (QED) is 0.784. The summed E-state index contributed by atoms with van der Waals surface area (Å²) in [5.74, 6) is -0.0753. The molecule has 0 amide bonds. The number of rotatable bonds is 4. The number of nitrogens with zero attached hydrogens (tertiary/aromatic N) is 1. The molecule has 16 heavy (non-hydrogen) atoms. The second-order valence-electron chi connectivity index (χ2n) is 5.08. The van der Waals surface area contributed by atoms with Crippen molar-refractivity contribution in [1.29, 1.82) is 0 Å². The normalized spacial score (nSPS) is 31.4. The first-order chi connectivity index (χ1) is 7.68. The minimum atomic E-state index is -0.630. The van der Waals surface area contributed by atoms with Gasteiger partial charge in [-0.25, -0.2) is 0 Å². The lowest BCUT2D eigenvalue weighted by Gasteiger charge is -2.42. The monoisotopic (exact) mass is 227 g/mol. The van der Waals surface area contributed by atoms with Crippen LogP contribution in [0.25, 0.3) is 0 Å². The summed E-state index contributed by atoms with van der Waals surface area (Å²) in [5, 5.41) is 9.01. The maximum absolute atomic E-state index is 10.9. The molecule has 0 bridgehead atoms. The van der Waals surface area contributed by atoms with Crippen molar-refractivity contribution < 1.29 is 14.6 Å². The molecule has 1 aliphatic heterocycles. The van der Waals surface area contributed by atoms with Crippen molar-refractivity contribution in [2.45, 2.75) is 31.7 Å². The first-order valence-electron chi connectivity index (χ1n) is 6.19. The zero-order valence-corrected chi connectivity index (χ0v) is 9.89. The summed E-state index contributed by atoms with van der Waals surface area (Å²) in [5.41, 5.74) is 0. The number of aliphatic carboxylic acids is 1. The molecule has 4 nitrogen and oxygen atoms in total. The number of ether oxygens (including phenoxy) is 1. The third-order valence-electron chi connectivity index (χ3n) is 4.01. The van der Waals surface area contributed by atoms with Gasteiger partial charge >= 0.3 is 5.97 Å². The molecular weight excluding hydrogens is 206 g/mol. The number of hydrogen-bond acceptors (Lipinski definition) is 3. The lowest BCUT2D eigenvalue weighted by molar-refractivity contribution is -0.148. The van der Waals surface area contributed by atoms with Crippen LogP contribution >= 0.6 is 0 Å². The Balaban J connectivity index is 1.78. The highest BCUT2D eigenvalue weighted by atomic mass is 16.5. The second kappa shape index (κ2) is 5.15. The van der Waals surface area contributed by atoms with Crippen LogP contribution in [0, 0.1) is 11.8 Å². The van der Waals surface area contributed by atoms with Crippen molar-refractivity contribution in [3.05, 3.63) is 0 Å². The van der Waals surface area contributed by atoms with Gasteiger partial charge in [-0.05, 0) is 38.6 Å². The summed E-state index contributed by atoms with van der Waals surface area (Å²) in [6.07, 6.45) is 4.12. The van der Waals surface area contributed by atoms with Gasteiger partial charge in [0.05, 0.1) is 5.92 Å². The molecule has 2 aliphatic rings. The zero-order chi connectivity index (χ0) is 11.5. The Morgan fingerprint density at radius 1 is 1.31 bits per heavy atom. The molecule has 1 heterocycles. The van der Waals surface area contributed by atoms with Crippen molar-refractivity contribution in [1.82, 2.24) is 4.90 Å². The highest BCUT2D eigenvalue weighted by molar-refractivity contribution is 5.72. The Morgan fingerprint density at radius 3 is 2.50 bits per heavy atom. The maximum atomic E-state index is 10.9. The van der Waals surface area contributed by atoms with Crippen LogP contribution in [-0.2, 0) is 9.53 Å². The molecular formula is C12H21NO3. The largest absolute Gasteiger partial charge is 0.481 e. The molecule has 2 fully saturated rings. The number of carboxylic acids is 1. The van der Waals surface area contributed by atoms with E-state index in [9.17, 15) is 4.79 Å². The van der Waals surface area contributed by atoms with Gasteiger partial charge in [-0.15, -0.1) is 0 Å². The van der Waals surface area contributed by atoms with Gasteiger partial charge < -0.3 is 14.7 Å². The summed E-state index contributed by atoms with van der Waals surface area (Å²) < 4.78 is 5.33. The number of carbonyl (C=O) groups is 1. The molecule has 4 heteroatoms. The van der Waals surface area contributed by atoms with Gasteiger partial charge in [-0.3, -0.25) is 4.79 Å². The lowest BCUT2D eigenvalue weighted by atomic mass is 9.78. The Morgan fingerprint density at radius 2 is 2.00 bits per heavy atom. The standard InChI is InChI=1S/C12H21NO3/c1-13(8-9-4-6-16-7-5-9)11-3-2-10(11)12(14)15/h9-11H,2-8H2,1H3,(H,14,15). The van der Waals surface area contributed by atoms with Crippen LogP contribution in [0.3, 0.4) is 0 Å². The van der Waals surface area contributed by atoms with E-state index in [1.54, 1.807) is 0 Å². The third-order valence-corrected chi connectivity index (χ3v) is 4.01. The van der Waals surface area contributed by atoms with Gasteiger partial charge in [-0.2, -0.15) is 0 Å². The zero-order valence-electron chi connectivity index (χ0n) is 9.89. The number of carboxylic acid groups (broad SMARTS) is 1. The highest BCUT2D eigenvalue weighted by Gasteiger charge is 2.39. The predicted octanol–water partition coefficient (Wildman–Crippen LogP) is 1.21. The molecule has 92 valence electrons. The van der Waals surface area contributed by atoms with Crippen molar-refractivity contribution in [3.63, 3.8) is 0 Å². The SMILES string of the molecule is CN(CC1CCOCC1)C1CCC1C(=O)O. The van der Waals surface area contributed by atoms with E-state index < -0.39 is 5.97 Å². The molecule has 0 aromatic carbocycles. The number of hydrogen-bond donors (Lipinski definition) is 1. The second-order valence-corrected chi connectivity index (χ2v) is 5.08. The first kappa shape index (κ1) is 11.9. The van der Waals surface area contributed by atoms with E-state index in [1.165, 1.54) is 0 Å². The van der Waals surface area contributed by atoms with Gasteiger partial charge in [0.15, 0.2) is 0 Å². The fourth-order valence-corrected chi connectivity index (χ4v) is 2.77. The average Bonchev–Trinajstić information content (AvgIpc) is 2.16. The molecule has 1 saturated heterocycles. The molecule has 1 aliphatic carbocycles. The fourth-order valence-electron chi connectivity index (χ4n) is 2.77. The minimum Gasteiger partial charge on any atom is -0.481 e. The molecule has 1 saturated carbocycles. The highest BCUT2D eigenvalue weighted by Crippen LogP contribution is 2.32. The van der Waals surface area contributed by atoms with Gasteiger partial charge in [-0.1, -0.05) is 0 Å². The van der Waals surface area contributed by atoms with E-state index in [4.69, 9.17) is 9.84 Å². The first-order valence-corrected chi connectivity index (χ1v) is 6.19. The fraction of sp³-hybridized carbons (Fsp3) is 0.917. The van der Waals surface area contributed by atoms with Crippen molar-refractivity contribution >= 4 is 5.97 Å². The molecule has 0 radical (unpaired) electrons. The van der Waals surface area contributed by atoms with E-state index in [0.717, 1.165) is 45.4 Å². The molecule has 1 N–H and O–H groups in total. The summed E-state index contributed by atoms with van der Waals surface area (Å²) in [6.45, 7) is 2.76. The Hall–Kier alpha value is -0.610. The van der Waals surface area contributed by atoms with Crippen LogP contribution in [0.4, 0.5) is 0 Å². The van der Waals surface area contributed by atoms with E-state index in [2.05, 4.69) is 11.9 Å². The predicted molar refractivity (Wildman–Crippen MR) is 60.3 cm³/mol. The van der Waals surface area contributed by atoms with E-state index in [1.807, 2.05) is 0 Å². The maximum Gasteiger partial charge on any atom is 0.308 e.